The monoisotopic (exact) mass is 616 g/mol. The molecule has 0 amide bonds. The Labute approximate surface area is 265 Å². The van der Waals surface area contributed by atoms with Crippen molar-refractivity contribution in [2.45, 2.75) is 193 Å². The molecule has 8 aliphatic rings. The highest BCUT2D eigenvalue weighted by Gasteiger charge is 2.79. The van der Waals surface area contributed by atoms with Crippen molar-refractivity contribution in [3.05, 3.63) is 20.2 Å². The van der Waals surface area contributed by atoms with Gasteiger partial charge in [-0.15, -0.1) is 20.2 Å². The zero-order chi connectivity index (χ0) is 31.5. The first-order chi connectivity index (χ1) is 20.8. The largest absolute Gasteiger partial charge is 0.307 e. The molecule has 0 radical (unpaired) electrons. The molecule has 8 aliphatic carbocycles. The zero-order valence-electron chi connectivity index (χ0n) is 28.3. The van der Waals surface area contributed by atoms with Gasteiger partial charge in [0.15, 0.2) is 0 Å². The van der Waals surface area contributed by atoms with Crippen LogP contribution >= 0.6 is 0 Å². The summed E-state index contributed by atoms with van der Waals surface area (Å²) in [4.78, 5) is 36.5. The van der Waals surface area contributed by atoms with Crippen LogP contribution in [0.4, 0.5) is 0 Å². The molecule has 0 aromatic heterocycles. The van der Waals surface area contributed by atoms with Gasteiger partial charge in [0.1, 0.15) is 11.2 Å². The molecule has 0 N–H and O–H groups in total. The van der Waals surface area contributed by atoms with Gasteiger partial charge in [0.25, 0.3) is 10.2 Å². The van der Waals surface area contributed by atoms with Crippen LogP contribution in [-0.2, 0) is 9.68 Å². The molecule has 250 valence electrons. The van der Waals surface area contributed by atoms with E-state index in [1.807, 2.05) is 0 Å². The van der Waals surface area contributed by atoms with Crippen LogP contribution in [0.1, 0.15) is 182 Å². The van der Waals surface area contributed by atoms with Crippen LogP contribution in [0.5, 0.6) is 0 Å². The first-order valence-corrected chi connectivity index (χ1v) is 18.5. The normalized spacial score (nSPS) is 46.4. The standard InChI is InChI=1S/C36H60N2O6/c1-5-9-13-29-17-30(14-10-6-2)20-33(19-29,27-35(23-29,24-30)43-37(39)40)34-21-31(15-11-7-3)18-32(22-34,16-12-8-4)26-36(25-31,28-34)44-38(41)42/h5-28H2,1-4H3. The molecule has 8 saturated carbocycles. The maximum Gasteiger partial charge on any atom is 0.295 e. The molecule has 8 bridgehead atoms. The molecule has 0 aliphatic heterocycles. The van der Waals surface area contributed by atoms with E-state index in [0.29, 0.717) is 0 Å². The van der Waals surface area contributed by atoms with Gasteiger partial charge in [0, 0.05) is 0 Å². The first-order valence-electron chi connectivity index (χ1n) is 18.5. The average Bonchev–Trinajstić information content (AvgIpc) is 2.90. The summed E-state index contributed by atoms with van der Waals surface area (Å²) in [6, 6.07) is 0. The highest BCUT2D eigenvalue weighted by atomic mass is 17.0. The Morgan fingerprint density at radius 2 is 0.727 bits per heavy atom. The molecule has 8 heteroatoms. The Bertz CT molecular complexity index is 988. The maximum absolute atomic E-state index is 12.3. The van der Waals surface area contributed by atoms with Crippen molar-refractivity contribution in [2.75, 3.05) is 0 Å². The van der Waals surface area contributed by atoms with E-state index in [2.05, 4.69) is 27.7 Å². The molecule has 0 saturated heterocycles. The summed E-state index contributed by atoms with van der Waals surface area (Å²) in [5.41, 5.74) is -1.42. The van der Waals surface area contributed by atoms with Crippen LogP contribution in [-0.4, -0.2) is 21.4 Å². The highest BCUT2D eigenvalue weighted by Crippen LogP contribution is 2.85. The topological polar surface area (TPSA) is 105 Å². The molecule has 8 rings (SSSR count). The lowest BCUT2D eigenvalue weighted by molar-refractivity contribution is -0.789. The van der Waals surface area contributed by atoms with Crippen molar-refractivity contribution < 1.29 is 19.8 Å². The molecule has 44 heavy (non-hydrogen) atoms. The Morgan fingerprint density at radius 1 is 0.455 bits per heavy atom. The van der Waals surface area contributed by atoms with E-state index < -0.39 is 21.4 Å². The summed E-state index contributed by atoms with van der Waals surface area (Å²) >= 11 is 0. The summed E-state index contributed by atoms with van der Waals surface area (Å²) in [7, 11) is 0. The Kier molecular flexibility index (Phi) is 8.08. The third-order valence-electron chi connectivity index (χ3n) is 14.4. The molecule has 0 spiro atoms. The summed E-state index contributed by atoms with van der Waals surface area (Å²) in [5.74, 6) is 0. The number of nitrogens with zero attached hydrogens (tertiary/aromatic N) is 2. The average molecular weight is 617 g/mol. The van der Waals surface area contributed by atoms with E-state index >= 15 is 0 Å². The Hall–Kier alpha value is -1.60. The van der Waals surface area contributed by atoms with Crippen LogP contribution in [0, 0.1) is 52.7 Å². The summed E-state index contributed by atoms with van der Waals surface area (Å²) in [5, 5.41) is 23.6. The third kappa shape index (κ3) is 5.24. The van der Waals surface area contributed by atoms with E-state index in [1.165, 1.54) is 12.8 Å². The molecule has 8 nitrogen and oxygen atoms in total. The van der Waals surface area contributed by atoms with E-state index in [-0.39, 0.29) is 32.5 Å². The Balaban J connectivity index is 1.53. The van der Waals surface area contributed by atoms with Crippen LogP contribution in [0.25, 0.3) is 0 Å². The third-order valence-corrected chi connectivity index (χ3v) is 14.4. The van der Waals surface area contributed by atoms with Crippen LogP contribution in [0.3, 0.4) is 0 Å². The van der Waals surface area contributed by atoms with Crippen molar-refractivity contribution in [2.24, 2.45) is 32.5 Å². The second-order valence-electron chi connectivity index (χ2n) is 18.1. The minimum atomic E-state index is -0.729. The lowest BCUT2D eigenvalue weighted by atomic mass is 9.26. The Morgan fingerprint density at radius 3 is 0.955 bits per heavy atom. The molecule has 0 aromatic carbocycles. The van der Waals surface area contributed by atoms with Gasteiger partial charge >= 0.3 is 0 Å². The van der Waals surface area contributed by atoms with Crippen molar-refractivity contribution in [1.82, 2.24) is 0 Å². The van der Waals surface area contributed by atoms with Gasteiger partial charge in [-0.2, -0.15) is 0 Å². The molecular weight excluding hydrogens is 556 g/mol. The van der Waals surface area contributed by atoms with Crippen molar-refractivity contribution >= 4 is 0 Å². The summed E-state index contributed by atoms with van der Waals surface area (Å²) in [6.45, 7) is 9.05. The number of rotatable bonds is 17. The van der Waals surface area contributed by atoms with E-state index in [1.54, 1.807) is 0 Å². The maximum atomic E-state index is 12.3. The van der Waals surface area contributed by atoms with Gasteiger partial charge in [-0.1, -0.05) is 79.1 Å². The fourth-order valence-corrected chi connectivity index (χ4v) is 14.8. The summed E-state index contributed by atoms with van der Waals surface area (Å²) in [6.07, 6.45) is 25.2. The van der Waals surface area contributed by atoms with Crippen LogP contribution in [0.15, 0.2) is 0 Å². The molecule has 8 fully saturated rings. The van der Waals surface area contributed by atoms with Crippen molar-refractivity contribution in [3.63, 3.8) is 0 Å². The van der Waals surface area contributed by atoms with E-state index in [0.717, 1.165) is 141 Å². The molecule has 0 heterocycles. The predicted octanol–water partition coefficient (Wildman–Crippen LogP) is 10.3. The fraction of sp³-hybridized carbons (Fsp3) is 1.00. The fourth-order valence-electron chi connectivity index (χ4n) is 14.8. The number of unbranched alkanes of at least 4 members (excludes halogenated alkanes) is 4. The second kappa shape index (κ2) is 11.0. The lowest BCUT2D eigenvalue weighted by Gasteiger charge is -2.80. The van der Waals surface area contributed by atoms with E-state index in [4.69, 9.17) is 9.68 Å². The van der Waals surface area contributed by atoms with Crippen molar-refractivity contribution in [3.8, 4) is 0 Å². The first kappa shape index (κ1) is 32.3. The second-order valence-corrected chi connectivity index (χ2v) is 18.1. The lowest BCUT2D eigenvalue weighted by Crippen LogP contribution is -2.74. The van der Waals surface area contributed by atoms with Gasteiger partial charge in [0.2, 0.25) is 0 Å². The van der Waals surface area contributed by atoms with Gasteiger partial charge in [-0.05, 0) is 135 Å². The zero-order valence-corrected chi connectivity index (χ0v) is 28.3. The molecule has 4 unspecified atom stereocenters. The van der Waals surface area contributed by atoms with E-state index in [9.17, 15) is 20.2 Å². The molecule has 0 aromatic rings. The summed E-state index contributed by atoms with van der Waals surface area (Å²) < 4.78 is 0. The molecular formula is C36H60N2O6. The highest BCUT2D eigenvalue weighted by molar-refractivity contribution is 5.28. The minimum Gasteiger partial charge on any atom is -0.307 e. The smallest absolute Gasteiger partial charge is 0.295 e. The van der Waals surface area contributed by atoms with Crippen molar-refractivity contribution in [1.29, 1.82) is 0 Å². The van der Waals surface area contributed by atoms with Crippen LogP contribution < -0.4 is 0 Å². The minimum absolute atomic E-state index is 0.0577. The molecule has 4 atom stereocenters. The van der Waals surface area contributed by atoms with Crippen LogP contribution in [0.2, 0.25) is 0 Å². The SMILES string of the molecule is CCCCC12CC3(CCCC)CC(O[N+](=O)[O-])(C1)CC(C14CC5(CCCC)CC(CCCC)(CC(O[N+](=O)[O-])(C5)C1)C4)(C2)C3. The van der Waals surface area contributed by atoms with Gasteiger partial charge in [-0.3, -0.25) is 0 Å². The number of hydrogen-bond acceptors (Lipinski definition) is 6. The quantitative estimate of drug-likeness (QED) is 0.119. The van der Waals surface area contributed by atoms with Gasteiger partial charge in [-0.25, -0.2) is 0 Å². The van der Waals surface area contributed by atoms with Gasteiger partial charge < -0.3 is 9.68 Å². The van der Waals surface area contributed by atoms with Gasteiger partial charge in [0.05, 0.1) is 0 Å². The predicted molar refractivity (Wildman–Crippen MR) is 170 cm³/mol. The number of hydrogen-bond donors (Lipinski definition) is 0.